The first-order chi connectivity index (χ1) is 12.1. The van der Waals surface area contributed by atoms with Crippen LogP contribution in [0, 0.1) is 0 Å². The molecule has 7 nitrogen and oxygen atoms in total. The summed E-state index contributed by atoms with van der Waals surface area (Å²) in [7, 11) is 0. The zero-order valence-electron chi connectivity index (χ0n) is 14.6. The first-order valence-electron chi connectivity index (χ1n) is 8.71. The number of morpholine rings is 1. The number of ether oxygens (including phenoxy) is 1. The number of carbonyl (C=O) groups excluding carboxylic acids is 2. The van der Waals surface area contributed by atoms with Crippen LogP contribution in [-0.2, 0) is 9.53 Å². The zero-order chi connectivity index (χ0) is 17.8. The molecule has 2 saturated heterocycles. The third-order valence-electron chi connectivity index (χ3n) is 4.72. The lowest BCUT2D eigenvalue weighted by Crippen LogP contribution is -2.40. The molecular weight excluding hydrogens is 322 g/mol. The molecule has 2 fully saturated rings. The summed E-state index contributed by atoms with van der Waals surface area (Å²) >= 11 is 0. The summed E-state index contributed by atoms with van der Waals surface area (Å²) in [5.41, 5.74) is 1.53. The molecule has 1 unspecified atom stereocenters. The van der Waals surface area contributed by atoms with E-state index in [-0.39, 0.29) is 24.9 Å². The van der Waals surface area contributed by atoms with Gasteiger partial charge in [0.05, 0.1) is 24.9 Å². The van der Waals surface area contributed by atoms with Gasteiger partial charge in [-0.2, -0.15) is 0 Å². The van der Waals surface area contributed by atoms with Gasteiger partial charge in [0.1, 0.15) is 0 Å². The molecule has 0 radical (unpaired) electrons. The molecule has 7 heteroatoms. The molecule has 0 aliphatic carbocycles. The van der Waals surface area contributed by atoms with Gasteiger partial charge in [-0.25, -0.2) is 0 Å². The van der Waals surface area contributed by atoms with Crippen LogP contribution in [-0.4, -0.2) is 85.3 Å². The molecule has 0 bridgehead atoms. The van der Waals surface area contributed by atoms with Gasteiger partial charge in [0.15, 0.2) is 0 Å². The molecule has 1 aromatic carbocycles. The minimum absolute atomic E-state index is 0.0814. The molecule has 2 aliphatic heterocycles. The Bertz CT molecular complexity index is 631. The monoisotopic (exact) mass is 347 g/mol. The molecule has 0 aromatic heterocycles. The van der Waals surface area contributed by atoms with Crippen molar-refractivity contribution in [3.63, 3.8) is 0 Å². The average Bonchev–Trinajstić information content (AvgIpc) is 2.84. The van der Waals surface area contributed by atoms with E-state index in [1.807, 2.05) is 24.3 Å². The van der Waals surface area contributed by atoms with Crippen LogP contribution in [0.5, 0.6) is 0 Å². The highest BCUT2D eigenvalue weighted by Gasteiger charge is 2.28. The Morgan fingerprint density at radius 2 is 1.68 bits per heavy atom. The lowest BCUT2D eigenvalue weighted by atomic mass is 10.1. The number of hydrogen-bond donors (Lipinski definition) is 1. The van der Waals surface area contributed by atoms with Gasteiger partial charge in [-0.3, -0.25) is 9.59 Å². The molecule has 1 N–H and O–H groups in total. The minimum atomic E-state index is -0.731. The average molecular weight is 347 g/mol. The summed E-state index contributed by atoms with van der Waals surface area (Å²) in [5, 5.41) is 10.2. The summed E-state index contributed by atoms with van der Waals surface area (Å²) in [6, 6.07) is 7.56. The molecule has 2 aliphatic rings. The van der Waals surface area contributed by atoms with Crippen LogP contribution in [0.25, 0.3) is 0 Å². The van der Waals surface area contributed by atoms with Crippen LogP contribution in [0.15, 0.2) is 24.3 Å². The smallest absolute Gasteiger partial charge is 0.256 e. The normalized spacial score (nSPS) is 21.8. The van der Waals surface area contributed by atoms with Crippen molar-refractivity contribution in [1.29, 1.82) is 0 Å². The van der Waals surface area contributed by atoms with E-state index in [1.165, 1.54) is 6.92 Å². The van der Waals surface area contributed by atoms with Gasteiger partial charge in [-0.15, -0.1) is 0 Å². The first kappa shape index (κ1) is 17.7. The number of para-hydroxylation sites is 1. The standard InChI is InChI=1S/C18H25N3O4/c1-14(22)20-6-7-21(13-15(23)12-20)18(24)16-4-2-3-5-17(16)19-8-10-25-11-9-19/h2-5,15,23H,6-13H2,1H3. The maximum absolute atomic E-state index is 13.1. The quantitative estimate of drug-likeness (QED) is 0.827. The number of rotatable bonds is 2. The summed E-state index contributed by atoms with van der Waals surface area (Å²) < 4.78 is 5.40. The van der Waals surface area contributed by atoms with E-state index in [9.17, 15) is 14.7 Å². The Kier molecular flexibility index (Phi) is 5.55. The van der Waals surface area contributed by atoms with Crippen LogP contribution < -0.4 is 4.90 Å². The highest BCUT2D eigenvalue weighted by molar-refractivity contribution is 6.00. The fourth-order valence-corrected chi connectivity index (χ4v) is 3.37. The number of anilines is 1. The van der Waals surface area contributed by atoms with E-state index >= 15 is 0 Å². The van der Waals surface area contributed by atoms with Crippen LogP contribution in [0.3, 0.4) is 0 Å². The van der Waals surface area contributed by atoms with Crippen LogP contribution >= 0.6 is 0 Å². The Hall–Kier alpha value is -2.12. The topological polar surface area (TPSA) is 73.3 Å². The number of hydrogen-bond acceptors (Lipinski definition) is 5. The lowest BCUT2D eigenvalue weighted by molar-refractivity contribution is -0.129. The number of amides is 2. The fraction of sp³-hybridized carbons (Fsp3) is 0.556. The Balaban J connectivity index is 1.79. The van der Waals surface area contributed by atoms with Gasteiger partial charge in [0.25, 0.3) is 5.91 Å². The van der Waals surface area contributed by atoms with Crippen molar-refractivity contribution in [3.05, 3.63) is 29.8 Å². The maximum Gasteiger partial charge on any atom is 0.256 e. The van der Waals surface area contributed by atoms with Crippen LogP contribution in [0.2, 0.25) is 0 Å². The third-order valence-corrected chi connectivity index (χ3v) is 4.72. The largest absolute Gasteiger partial charge is 0.389 e. The van der Waals surface area contributed by atoms with E-state index in [4.69, 9.17) is 4.74 Å². The molecule has 2 amide bonds. The van der Waals surface area contributed by atoms with Crippen molar-refractivity contribution in [1.82, 2.24) is 9.80 Å². The number of nitrogens with zero attached hydrogens (tertiary/aromatic N) is 3. The SMILES string of the molecule is CC(=O)N1CCN(C(=O)c2ccccc2N2CCOCC2)CC(O)C1. The molecule has 0 spiro atoms. The minimum Gasteiger partial charge on any atom is -0.389 e. The first-order valence-corrected chi connectivity index (χ1v) is 8.71. The predicted molar refractivity (Wildman–Crippen MR) is 93.6 cm³/mol. The summed E-state index contributed by atoms with van der Waals surface area (Å²) in [4.78, 5) is 30.1. The predicted octanol–water partition coefficient (Wildman–Crippen LogP) is 0.188. The Labute approximate surface area is 147 Å². The van der Waals surface area contributed by atoms with Crippen LogP contribution in [0.1, 0.15) is 17.3 Å². The number of carbonyl (C=O) groups is 2. The summed E-state index contributed by atoms with van der Waals surface area (Å²) in [5.74, 6) is -0.186. The highest BCUT2D eigenvalue weighted by Crippen LogP contribution is 2.23. The van der Waals surface area contributed by atoms with Crippen molar-refractivity contribution >= 4 is 17.5 Å². The molecule has 1 atom stereocenters. The number of aliphatic hydroxyl groups excluding tert-OH is 1. The van der Waals surface area contributed by atoms with Crippen molar-refractivity contribution in [2.75, 3.05) is 57.4 Å². The van der Waals surface area contributed by atoms with Gasteiger partial charge >= 0.3 is 0 Å². The maximum atomic E-state index is 13.1. The number of benzene rings is 1. The molecule has 136 valence electrons. The molecule has 2 heterocycles. The van der Waals surface area contributed by atoms with Crippen molar-refractivity contribution in [3.8, 4) is 0 Å². The van der Waals surface area contributed by atoms with Gasteiger partial charge in [0, 0.05) is 51.9 Å². The Morgan fingerprint density at radius 3 is 2.40 bits per heavy atom. The lowest BCUT2D eigenvalue weighted by Gasteiger charge is -2.31. The third kappa shape index (κ3) is 4.11. The van der Waals surface area contributed by atoms with E-state index in [0.717, 1.165) is 18.8 Å². The van der Waals surface area contributed by atoms with Crippen molar-refractivity contribution < 1.29 is 19.4 Å². The van der Waals surface area contributed by atoms with Gasteiger partial charge in [-0.05, 0) is 12.1 Å². The molecule has 3 rings (SSSR count). The van der Waals surface area contributed by atoms with Crippen molar-refractivity contribution in [2.45, 2.75) is 13.0 Å². The van der Waals surface area contributed by atoms with E-state index in [0.29, 0.717) is 31.9 Å². The number of aliphatic hydroxyl groups is 1. The zero-order valence-corrected chi connectivity index (χ0v) is 14.6. The second kappa shape index (κ2) is 7.84. The Morgan fingerprint density at radius 1 is 1.04 bits per heavy atom. The highest BCUT2D eigenvalue weighted by atomic mass is 16.5. The van der Waals surface area contributed by atoms with Gasteiger partial charge in [-0.1, -0.05) is 12.1 Å². The van der Waals surface area contributed by atoms with Crippen molar-refractivity contribution in [2.24, 2.45) is 0 Å². The molecule has 0 saturated carbocycles. The van der Waals surface area contributed by atoms with E-state index in [1.54, 1.807) is 9.80 Å². The van der Waals surface area contributed by atoms with Gasteiger partial charge < -0.3 is 24.5 Å². The van der Waals surface area contributed by atoms with E-state index < -0.39 is 6.10 Å². The second-order valence-corrected chi connectivity index (χ2v) is 6.49. The molecule has 25 heavy (non-hydrogen) atoms. The van der Waals surface area contributed by atoms with E-state index in [2.05, 4.69) is 4.90 Å². The van der Waals surface area contributed by atoms with Crippen LogP contribution in [0.4, 0.5) is 5.69 Å². The fourth-order valence-electron chi connectivity index (χ4n) is 3.37. The summed E-state index contributed by atoms with van der Waals surface area (Å²) in [6.07, 6.45) is -0.731. The molecular formula is C18H25N3O4. The second-order valence-electron chi connectivity index (χ2n) is 6.49. The summed E-state index contributed by atoms with van der Waals surface area (Å²) in [6.45, 7) is 5.67. The molecule has 1 aromatic rings. The van der Waals surface area contributed by atoms with Gasteiger partial charge in [0.2, 0.25) is 5.91 Å². The number of β-amino-alcohol motifs (C(OH)–C–C–N with tert-alkyl or cyclic N) is 1.